The number of benzene rings is 2. The Labute approximate surface area is 140 Å². The number of carbonyl (C=O) groups is 2. The van der Waals surface area contributed by atoms with Crippen LogP contribution >= 0.6 is 0 Å². The maximum Gasteiger partial charge on any atom is 0.414 e. The Bertz CT molecular complexity index is 775. The second-order valence-corrected chi connectivity index (χ2v) is 6.11. The van der Waals surface area contributed by atoms with Crippen LogP contribution in [0.25, 0.3) is 0 Å². The fourth-order valence-corrected chi connectivity index (χ4v) is 3.37. The van der Waals surface area contributed by atoms with E-state index >= 15 is 0 Å². The molecule has 1 atom stereocenters. The van der Waals surface area contributed by atoms with E-state index in [4.69, 9.17) is 4.74 Å². The Balaban J connectivity index is 1.69. The van der Waals surface area contributed by atoms with Crippen molar-refractivity contribution in [2.45, 2.75) is 19.0 Å². The van der Waals surface area contributed by atoms with Gasteiger partial charge in [0.1, 0.15) is 6.61 Å². The standard InChI is InChI=1S/C19H18N2O3/c22-18(14-6-2-1-3-7-14)20-11-10-16-13-24-19(23)21(16)17-9-5-4-8-15(17)12-20/h1-9,16H,10-13H2. The van der Waals surface area contributed by atoms with Crippen LogP contribution in [0.5, 0.6) is 0 Å². The van der Waals surface area contributed by atoms with Gasteiger partial charge in [0, 0.05) is 18.7 Å². The second kappa shape index (κ2) is 6.00. The van der Waals surface area contributed by atoms with Gasteiger partial charge in [0.15, 0.2) is 0 Å². The molecule has 0 saturated carbocycles. The molecule has 5 nitrogen and oxygen atoms in total. The van der Waals surface area contributed by atoms with Crippen LogP contribution in [0.2, 0.25) is 0 Å². The number of anilines is 1. The van der Waals surface area contributed by atoms with Gasteiger partial charge in [0.2, 0.25) is 0 Å². The number of carbonyl (C=O) groups excluding carboxylic acids is 2. The number of amides is 2. The van der Waals surface area contributed by atoms with Gasteiger partial charge in [0.05, 0.1) is 11.7 Å². The third kappa shape index (κ3) is 2.52. The van der Waals surface area contributed by atoms with Gasteiger partial charge in [-0.25, -0.2) is 4.79 Å². The van der Waals surface area contributed by atoms with Crippen LogP contribution in [0.3, 0.4) is 0 Å². The number of ether oxygens (including phenoxy) is 1. The number of hydrogen-bond acceptors (Lipinski definition) is 3. The third-order valence-electron chi connectivity index (χ3n) is 4.61. The summed E-state index contributed by atoms with van der Waals surface area (Å²) in [6, 6.07) is 17.0. The lowest BCUT2D eigenvalue weighted by molar-refractivity contribution is 0.0734. The fourth-order valence-electron chi connectivity index (χ4n) is 3.37. The van der Waals surface area contributed by atoms with E-state index in [2.05, 4.69) is 0 Å². The van der Waals surface area contributed by atoms with Gasteiger partial charge >= 0.3 is 6.09 Å². The Morgan fingerprint density at radius 2 is 1.79 bits per heavy atom. The van der Waals surface area contributed by atoms with Crippen LogP contribution in [-0.4, -0.2) is 36.1 Å². The molecule has 1 unspecified atom stereocenters. The van der Waals surface area contributed by atoms with Crippen molar-refractivity contribution in [3.63, 3.8) is 0 Å². The van der Waals surface area contributed by atoms with E-state index < -0.39 is 0 Å². The second-order valence-electron chi connectivity index (χ2n) is 6.11. The largest absolute Gasteiger partial charge is 0.447 e. The summed E-state index contributed by atoms with van der Waals surface area (Å²) >= 11 is 0. The number of rotatable bonds is 1. The molecular formula is C19H18N2O3. The summed E-state index contributed by atoms with van der Waals surface area (Å²) in [5, 5.41) is 0. The molecule has 1 fully saturated rings. The van der Waals surface area contributed by atoms with E-state index in [1.807, 2.05) is 59.5 Å². The number of cyclic esters (lactones) is 1. The van der Waals surface area contributed by atoms with E-state index in [0.29, 0.717) is 31.7 Å². The number of nitrogens with zero attached hydrogens (tertiary/aromatic N) is 2. The summed E-state index contributed by atoms with van der Waals surface area (Å²) < 4.78 is 5.23. The quantitative estimate of drug-likeness (QED) is 0.811. The Hall–Kier alpha value is -2.82. The normalized spacial score (nSPS) is 19.8. The van der Waals surface area contributed by atoms with E-state index in [-0.39, 0.29) is 18.0 Å². The maximum atomic E-state index is 12.8. The first-order chi connectivity index (χ1) is 11.7. The first-order valence-corrected chi connectivity index (χ1v) is 8.12. The average Bonchev–Trinajstić information content (AvgIpc) is 2.97. The van der Waals surface area contributed by atoms with Crippen molar-refractivity contribution < 1.29 is 14.3 Å². The molecule has 2 heterocycles. The minimum absolute atomic E-state index is 0.0177. The fraction of sp³-hybridized carbons (Fsp3) is 0.263. The molecule has 2 aliphatic heterocycles. The molecule has 24 heavy (non-hydrogen) atoms. The van der Waals surface area contributed by atoms with Gasteiger partial charge < -0.3 is 9.64 Å². The van der Waals surface area contributed by atoms with Gasteiger partial charge in [-0.05, 0) is 30.2 Å². The van der Waals surface area contributed by atoms with Crippen molar-refractivity contribution in [1.82, 2.24) is 4.90 Å². The summed E-state index contributed by atoms with van der Waals surface area (Å²) in [5.74, 6) is 0.0177. The highest BCUT2D eigenvalue weighted by molar-refractivity contribution is 5.95. The molecule has 2 aromatic rings. The average molecular weight is 322 g/mol. The molecule has 122 valence electrons. The summed E-state index contributed by atoms with van der Waals surface area (Å²) in [5.41, 5.74) is 2.49. The molecule has 0 radical (unpaired) electrons. The minimum Gasteiger partial charge on any atom is -0.447 e. The van der Waals surface area contributed by atoms with Crippen LogP contribution in [0.15, 0.2) is 54.6 Å². The first-order valence-electron chi connectivity index (χ1n) is 8.12. The lowest BCUT2D eigenvalue weighted by atomic mass is 10.0. The van der Waals surface area contributed by atoms with Crippen molar-refractivity contribution in [1.29, 1.82) is 0 Å². The maximum absolute atomic E-state index is 12.8. The topological polar surface area (TPSA) is 49.9 Å². The van der Waals surface area contributed by atoms with Crippen molar-refractivity contribution in [3.8, 4) is 0 Å². The van der Waals surface area contributed by atoms with Crippen LogP contribution in [-0.2, 0) is 11.3 Å². The predicted octanol–water partition coefficient (Wildman–Crippen LogP) is 3.06. The summed E-state index contributed by atoms with van der Waals surface area (Å²) in [4.78, 5) is 28.5. The van der Waals surface area contributed by atoms with Crippen molar-refractivity contribution in [2.75, 3.05) is 18.1 Å². The Kier molecular flexibility index (Phi) is 3.69. The summed E-state index contributed by atoms with van der Waals surface area (Å²) in [6.45, 7) is 1.46. The van der Waals surface area contributed by atoms with Crippen molar-refractivity contribution in [3.05, 3.63) is 65.7 Å². The zero-order valence-corrected chi connectivity index (χ0v) is 13.2. The molecule has 2 aromatic carbocycles. The zero-order chi connectivity index (χ0) is 16.5. The molecule has 2 amide bonds. The smallest absolute Gasteiger partial charge is 0.414 e. The highest BCUT2D eigenvalue weighted by atomic mass is 16.6. The molecule has 5 heteroatoms. The Morgan fingerprint density at radius 3 is 2.62 bits per heavy atom. The van der Waals surface area contributed by atoms with Crippen LogP contribution in [0.4, 0.5) is 10.5 Å². The van der Waals surface area contributed by atoms with Crippen molar-refractivity contribution >= 4 is 17.7 Å². The molecule has 0 N–H and O–H groups in total. The van der Waals surface area contributed by atoms with Gasteiger partial charge in [0.25, 0.3) is 5.91 Å². The highest BCUT2D eigenvalue weighted by Crippen LogP contribution is 2.31. The van der Waals surface area contributed by atoms with E-state index in [1.54, 1.807) is 4.90 Å². The van der Waals surface area contributed by atoms with Gasteiger partial charge in [-0.2, -0.15) is 0 Å². The third-order valence-corrected chi connectivity index (χ3v) is 4.61. The lowest BCUT2D eigenvalue weighted by Crippen LogP contribution is -2.42. The number of para-hydroxylation sites is 1. The van der Waals surface area contributed by atoms with Crippen LogP contribution < -0.4 is 4.90 Å². The summed E-state index contributed by atoms with van der Waals surface area (Å²) in [7, 11) is 0. The van der Waals surface area contributed by atoms with Gasteiger partial charge in [-0.1, -0.05) is 36.4 Å². The first kappa shape index (κ1) is 14.8. The van der Waals surface area contributed by atoms with Gasteiger partial charge in [-0.3, -0.25) is 9.69 Å². The molecule has 0 spiro atoms. The van der Waals surface area contributed by atoms with Crippen LogP contribution in [0, 0.1) is 0 Å². The zero-order valence-electron chi connectivity index (χ0n) is 13.2. The summed E-state index contributed by atoms with van der Waals surface area (Å²) in [6.07, 6.45) is 0.411. The van der Waals surface area contributed by atoms with E-state index in [0.717, 1.165) is 11.3 Å². The molecule has 4 rings (SSSR count). The van der Waals surface area contributed by atoms with E-state index in [9.17, 15) is 9.59 Å². The van der Waals surface area contributed by atoms with E-state index in [1.165, 1.54) is 0 Å². The van der Waals surface area contributed by atoms with Crippen molar-refractivity contribution in [2.24, 2.45) is 0 Å². The molecule has 2 aliphatic rings. The molecule has 0 aromatic heterocycles. The lowest BCUT2D eigenvalue weighted by Gasteiger charge is -2.32. The monoisotopic (exact) mass is 322 g/mol. The molecular weight excluding hydrogens is 304 g/mol. The Morgan fingerprint density at radius 1 is 1.04 bits per heavy atom. The highest BCUT2D eigenvalue weighted by Gasteiger charge is 2.37. The molecule has 0 bridgehead atoms. The SMILES string of the molecule is O=C(c1ccccc1)N1CCC2COC(=O)N2c2ccccc2C1. The number of fused-ring (bicyclic) bond motifs is 3. The molecule has 0 aliphatic carbocycles. The minimum atomic E-state index is -0.296. The predicted molar refractivity (Wildman–Crippen MR) is 89.9 cm³/mol. The molecule has 1 saturated heterocycles. The number of hydrogen-bond donors (Lipinski definition) is 0. The van der Waals surface area contributed by atoms with Crippen LogP contribution in [0.1, 0.15) is 22.3 Å². The van der Waals surface area contributed by atoms with Gasteiger partial charge in [-0.15, -0.1) is 0 Å².